The number of carbonyl (C=O) groups is 1. The van der Waals surface area contributed by atoms with Gasteiger partial charge in [-0.05, 0) is 17.4 Å². The molecule has 0 saturated carbocycles. The fraction of sp³-hybridized carbons (Fsp3) is 0.562. The highest BCUT2D eigenvalue weighted by atomic mass is 16.5. The number of ether oxygens (including phenoxy) is 1. The molecular formula is C16H23NO2. The van der Waals surface area contributed by atoms with Gasteiger partial charge in [-0.3, -0.25) is 4.79 Å². The van der Waals surface area contributed by atoms with Crippen molar-refractivity contribution in [3.63, 3.8) is 0 Å². The molecule has 1 aromatic rings. The Balaban J connectivity index is 2.09. The topological polar surface area (TPSA) is 29.5 Å². The standard InChI is InChI=1S/C16H23NO2/c1-12-9-17(10-13(12)2)11-15(16(18)19-3)14-7-5-4-6-8-14/h4-8,12-13,15H,9-11H2,1-3H3. The van der Waals surface area contributed by atoms with Crippen LogP contribution in [-0.2, 0) is 9.53 Å². The Morgan fingerprint density at radius 1 is 1.26 bits per heavy atom. The lowest BCUT2D eigenvalue weighted by Gasteiger charge is -2.22. The van der Waals surface area contributed by atoms with Crippen LogP contribution in [0.4, 0.5) is 0 Å². The highest BCUT2D eigenvalue weighted by Gasteiger charge is 2.30. The highest BCUT2D eigenvalue weighted by molar-refractivity contribution is 5.78. The molecule has 0 bridgehead atoms. The lowest BCUT2D eigenvalue weighted by molar-refractivity contribution is -0.142. The van der Waals surface area contributed by atoms with Crippen LogP contribution in [0.3, 0.4) is 0 Å². The summed E-state index contributed by atoms with van der Waals surface area (Å²) in [4.78, 5) is 14.4. The molecule has 1 aliphatic rings. The predicted molar refractivity (Wildman–Crippen MR) is 76.0 cm³/mol. The van der Waals surface area contributed by atoms with Gasteiger partial charge in [0.2, 0.25) is 0 Å². The molecule has 2 rings (SSSR count). The molecule has 0 amide bonds. The van der Waals surface area contributed by atoms with Gasteiger partial charge in [-0.2, -0.15) is 0 Å². The first-order valence-electron chi connectivity index (χ1n) is 6.97. The van der Waals surface area contributed by atoms with Crippen LogP contribution in [0.25, 0.3) is 0 Å². The molecule has 1 fully saturated rings. The van der Waals surface area contributed by atoms with Crippen LogP contribution in [0.1, 0.15) is 25.3 Å². The van der Waals surface area contributed by atoms with Gasteiger partial charge in [0.25, 0.3) is 0 Å². The Kier molecular flexibility index (Phi) is 4.59. The van der Waals surface area contributed by atoms with E-state index >= 15 is 0 Å². The summed E-state index contributed by atoms with van der Waals surface area (Å²) in [6, 6.07) is 9.92. The molecule has 1 heterocycles. The van der Waals surface area contributed by atoms with Crippen LogP contribution in [0.15, 0.2) is 30.3 Å². The van der Waals surface area contributed by atoms with Crippen molar-refractivity contribution >= 4 is 5.97 Å². The summed E-state index contributed by atoms with van der Waals surface area (Å²) < 4.78 is 4.97. The molecule has 0 aliphatic carbocycles. The lowest BCUT2D eigenvalue weighted by atomic mass is 9.99. The van der Waals surface area contributed by atoms with Crippen molar-refractivity contribution in [1.29, 1.82) is 0 Å². The van der Waals surface area contributed by atoms with Crippen LogP contribution in [0, 0.1) is 11.8 Å². The van der Waals surface area contributed by atoms with Gasteiger partial charge in [-0.25, -0.2) is 0 Å². The third kappa shape index (κ3) is 3.35. The van der Waals surface area contributed by atoms with Crippen LogP contribution < -0.4 is 0 Å². The summed E-state index contributed by atoms with van der Waals surface area (Å²) in [5.74, 6) is 1.09. The summed E-state index contributed by atoms with van der Waals surface area (Å²) in [6.07, 6.45) is 0. The fourth-order valence-corrected chi connectivity index (χ4v) is 2.80. The van der Waals surface area contributed by atoms with E-state index in [9.17, 15) is 4.79 Å². The van der Waals surface area contributed by atoms with Crippen molar-refractivity contribution in [2.24, 2.45) is 11.8 Å². The molecule has 3 atom stereocenters. The monoisotopic (exact) mass is 261 g/mol. The normalized spacial score (nSPS) is 25.2. The average molecular weight is 261 g/mol. The van der Waals surface area contributed by atoms with Gasteiger partial charge in [0.05, 0.1) is 13.0 Å². The van der Waals surface area contributed by atoms with Crippen molar-refractivity contribution in [3.8, 4) is 0 Å². The van der Waals surface area contributed by atoms with Crippen molar-refractivity contribution in [2.75, 3.05) is 26.7 Å². The summed E-state index contributed by atoms with van der Waals surface area (Å²) in [7, 11) is 1.47. The average Bonchev–Trinajstić information content (AvgIpc) is 2.75. The molecule has 3 heteroatoms. The minimum atomic E-state index is -0.177. The summed E-state index contributed by atoms with van der Waals surface area (Å²) in [5, 5.41) is 0. The number of methoxy groups -OCH3 is 1. The molecule has 1 aromatic carbocycles. The fourth-order valence-electron chi connectivity index (χ4n) is 2.80. The zero-order valence-corrected chi connectivity index (χ0v) is 12.0. The Hall–Kier alpha value is -1.35. The first-order valence-corrected chi connectivity index (χ1v) is 6.97. The zero-order chi connectivity index (χ0) is 13.8. The Bertz CT molecular complexity index is 408. The van der Waals surface area contributed by atoms with E-state index in [-0.39, 0.29) is 11.9 Å². The number of likely N-dealkylation sites (tertiary alicyclic amines) is 1. The first-order chi connectivity index (χ1) is 9.11. The van der Waals surface area contributed by atoms with E-state index in [2.05, 4.69) is 18.7 Å². The molecule has 1 aliphatic heterocycles. The highest BCUT2D eigenvalue weighted by Crippen LogP contribution is 2.26. The molecule has 19 heavy (non-hydrogen) atoms. The Labute approximate surface area is 115 Å². The lowest BCUT2D eigenvalue weighted by Crippen LogP contribution is -2.31. The van der Waals surface area contributed by atoms with Crippen molar-refractivity contribution in [3.05, 3.63) is 35.9 Å². The largest absolute Gasteiger partial charge is 0.469 e. The molecule has 104 valence electrons. The summed E-state index contributed by atoms with van der Waals surface area (Å²) >= 11 is 0. The van der Waals surface area contributed by atoms with Gasteiger partial charge in [-0.15, -0.1) is 0 Å². The van der Waals surface area contributed by atoms with Gasteiger partial charge in [-0.1, -0.05) is 44.2 Å². The minimum Gasteiger partial charge on any atom is -0.469 e. The predicted octanol–water partition coefficient (Wildman–Crippen LogP) is 2.53. The summed E-state index contributed by atoms with van der Waals surface area (Å²) in [5.41, 5.74) is 1.04. The van der Waals surface area contributed by atoms with E-state index in [0.717, 1.165) is 25.2 Å². The number of esters is 1. The maximum atomic E-state index is 12.0. The smallest absolute Gasteiger partial charge is 0.314 e. The van der Waals surface area contributed by atoms with Crippen LogP contribution in [0.2, 0.25) is 0 Å². The van der Waals surface area contributed by atoms with Crippen molar-refractivity contribution in [2.45, 2.75) is 19.8 Å². The third-order valence-electron chi connectivity index (χ3n) is 4.19. The number of hydrogen-bond donors (Lipinski definition) is 0. The molecule has 0 N–H and O–H groups in total. The molecule has 0 aromatic heterocycles. The maximum Gasteiger partial charge on any atom is 0.314 e. The molecule has 3 unspecified atom stereocenters. The van der Waals surface area contributed by atoms with Crippen molar-refractivity contribution in [1.82, 2.24) is 4.90 Å². The van der Waals surface area contributed by atoms with Gasteiger partial charge >= 0.3 is 5.97 Å². The van der Waals surface area contributed by atoms with Gasteiger partial charge in [0.1, 0.15) is 0 Å². The third-order valence-corrected chi connectivity index (χ3v) is 4.19. The van der Waals surface area contributed by atoms with Crippen molar-refractivity contribution < 1.29 is 9.53 Å². The van der Waals surface area contributed by atoms with Gasteiger partial charge in [0.15, 0.2) is 0 Å². The number of carbonyl (C=O) groups excluding carboxylic acids is 1. The second-order valence-corrected chi connectivity index (χ2v) is 5.66. The Morgan fingerprint density at radius 3 is 2.37 bits per heavy atom. The molecule has 3 nitrogen and oxygen atoms in total. The van der Waals surface area contributed by atoms with Crippen LogP contribution in [-0.4, -0.2) is 37.6 Å². The van der Waals surface area contributed by atoms with E-state index in [0.29, 0.717) is 11.8 Å². The Morgan fingerprint density at radius 2 is 1.84 bits per heavy atom. The number of benzene rings is 1. The summed E-state index contributed by atoms with van der Waals surface area (Å²) in [6.45, 7) is 7.45. The maximum absolute atomic E-state index is 12.0. The number of rotatable bonds is 4. The zero-order valence-electron chi connectivity index (χ0n) is 12.0. The SMILES string of the molecule is COC(=O)C(CN1CC(C)C(C)C1)c1ccccc1. The van der Waals surface area contributed by atoms with Gasteiger partial charge in [0, 0.05) is 19.6 Å². The van der Waals surface area contributed by atoms with E-state index in [4.69, 9.17) is 4.74 Å². The van der Waals surface area contributed by atoms with Crippen LogP contribution in [0.5, 0.6) is 0 Å². The quantitative estimate of drug-likeness (QED) is 0.780. The number of nitrogens with zero attached hydrogens (tertiary/aromatic N) is 1. The van der Waals surface area contributed by atoms with E-state index < -0.39 is 0 Å². The first kappa shape index (κ1) is 14.1. The van der Waals surface area contributed by atoms with Crippen LogP contribution >= 0.6 is 0 Å². The van der Waals surface area contributed by atoms with E-state index in [1.54, 1.807) is 0 Å². The van der Waals surface area contributed by atoms with E-state index in [1.807, 2.05) is 30.3 Å². The molecule has 1 saturated heterocycles. The number of hydrogen-bond acceptors (Lipinski definition) is 3. The van der Waals surface area contributed by atoms with E-state index in [1.165, 1.54) is 7.11 Å². The molecule has 0 radical (unpaired) electrons. The second kappa shape index (κ2) is 6.20. The second-order valence-electron chi connectivity index (χ2n) is 5.66. The van der Waals surface area contributed by atoms with Gasteiger partial charge < -0.3 is 9.64 Å². The molecular weight excluding hydrogens is 238 g/mol. The minimum absolute atomic E-state index is 0.140. The molecule has 0 spiro atoms.